The van der Waals surface area contributed by atoms with Gasteiger partial charge in [0.25, 0.3) is 0 Å². The van der Waals surface area contributed by atoms with Crippen molar-refractivity contribution in [3.8, 4) is 0 Å². The molecule has 0 unspecified atom stereocenters. The van der Waals surface area contributed by atoms with E-state index >= 15 is 0 Å². The molecule has 1 N–H and O–H groups in total. The Morgan fingerprint density at radius 3 is 2.89 bits per heavy atom. The van der Waals surface area contributed by atoms with Gasteiger partial charge in [-0.3, -0.25) is 0 Å². The maximum atomic E-state index is 4.38. The van der Waals surface area contributed by atoms with Gasteiger partial charge in [0.1, 0.15) is 0 Å². The summed E-state index contributed by atoms with van der Waals surface area (Å²) in [7, 11) is 0. The number of pyridine rings is 1. The summed E-state index contributed by atoms with van der Waals surface area (Å²) in [5, 5.41) is 1.17. The molecule has 0 aliphatic heterocycles. The Balaban J connectivity index is 1.94. The number of aromatic amines is 1. The Kier molecular flexibility index (Phi) is 2.65. The average molecular weight is 235 g/mol. The normalized spacial score (nSPS) is 11.4. The van der Waals surface area contributed by atoms with Crippen LogP contribution in [0.3, 0.4) is 0 Å². The molecule has 0 fully saturated rings. The number of hydrogen-bond acceptors (Lipinski definition) is 2. The fourth-order valence-corrected chi connectivity index (χ4v) is 1.87. The lowest BCUT2D eigenvalue weighted by molar-refractivity contribution is 1.24. The number of benzene rings is 1. The molecule has 88 valence electrons. The van der Waals surface area contributed by atoms with Crippen LogP contribution >= 0.6 is 0 Å². The van der Waals surface area contributed by atoms with Gasteiger partial charge in [0.05, 0.1) is 0 Å². The third-order valence-electron chi connectivity index (χ3n) is 2.85. The quantitative estimate of drug-likeness (QED) is 0.677. The summed E-state index contributed by atoms with van der Waals surface area (Å²) in [5.74, 6) is 0.728. The highest BCUT2D eigenvalue weighted by Crippen LogP contribution is 2.17. The number of nitrogens with one attached hydrogen (secondary N) is 1. The molecule has 3 heteroatoms. The van der Waals surface area contributed by atoms with E-state index in [4.69, 9.17) is 0 Å². The molecule has 0 aliphatic carbocycles. The zero-order valence-electron chi connectivity index (χ0n) is 10.1. The highest BCUT2D eigenvalue weighted by Gasteiger charge is 1.99. The van der Waals surface area contributed by atoms with Gasteiger partial charge < -0.3 is 4.98 Å². The predicted molar refractivity (Wildman–Crippen MR) is 74.5 cm³/mol. The Morgan fingerprint density at radius 2 is 2.06 bits per heavy atom. The fraction of sp³-hybridized carbons (Fsp3) is 0.0667. The summed E-state index contributed by atoms with van der Waals surface area (Å²) in [6.07, 6.45) is 5.63. The first-order valence-corrected chi connectivity index (χ1v) is 5.86. The number of fused-ring (bicyclic) bond motifs is 1. The van der Waals surface area contributed by atoms with E-state index < -0.39 is 0 Å². The average Bonchev–Trinajstić information content (AvgIpc) is 2.82. The third-order valence-corrected chi connectivity index (χ3v) is 2.85. The lowest BCUT2D eigenvalue weighted by Gasteiger charge is -1.93. The Morgan fingerprint density at radius 1 is 1.17 bits per heavy atom. The van der Waals surface area contributed by atoms with Crippen molar-refractivity contribution in [3.63, 3.8) is 0 Å². The number of rotatable bonds is 2. The van der Waals surface area contributed by atoms with Crippen LogP contribution in [0.1, 0.15) is 11.1 Å². The van der Waals surface area contributed by atoms with E-state index in [9.17, 15) is 0 Å². The summed E-state index contributed by atoms with van der Waals surface area (Å²) in [6, 6.07) is 12.1. The second-order valence-electron chi connectivity index (χ2n) is 4.24. The van der Waals surface area contributed by atoms with Gasteiger partial charge >= 0.3 is 0 Å². The molecular formula is C15H13N3. The molecule has 0 radical (unpaired) electrons. The number of para-hydroxylation sites is 1. The Hall–Kier alpha value is -2.42. The van der Waals surface area contributed by atoms with Crippen molar-refractivity contribution in [2.75, 3.05) is 0 Å². The smallest absolute Gasteiger partial charge is 0.151 e. The van der Waals surface area contributed by atoms with E-state index in [0.717, 1.165) is 22.5 Å². The monoisotopic (exact) mass is 235 g/mol. The van der Waals surface area contributed by atoms with E-state index in [2.05, 4.69) is 27.1 Å². The SMILES string of the molecule is Cc1ccc(N=Cc2c[nH]c3ccccc23)nc1. The molecule has 0 amide bonds. The van der Waals surface area contributed by atoms with Crippen molar-refractivity contribution in [2.24, 2.45) is 4.99 Å². The number of aromatic nitrogens is 2. The molecule has 2 heterocycles. The first kappa shape index (κ1) is 10.7. The van der Waals surface area contributed by atoms with Gasteiger partial charge in [-0.25, -0.2) is 9.98 Å². The molecule has 0 saturated carbocycles. The first-order valence-electron chi connectivity index (χ1n) is 5.86. The summed E-state index contributed by atoms with van der Waals surface area (Å²) >= 11 is 0. The highest BCUT2D eigenvalue weighted by molar-refractivity contribution is 5.99. The molecule has 2 aromatic heterocycles. The topological polar surface area (TPSA) is 41.0 Å². The molecule has 0 aliphatic rings. The van der Waals surface area contributed by atoms with Gasteiger partial charge in [-0.1, -0.05) is 24.3 Å². The molecule has 0 bridgehead atoms. The van der Waals surface area contributed by atoms with Crippen LogP contribution in [0.4, 0.5) is 5.82 Å². The van der Waals surface area contributed by atoms with Crippen molar-refractivity contribution >= 4 is 22.9 Å². The minimum absolute atomic E-state index is 0.728. The number of hydrogen-bond donors (Lipinski definition) is 1. The minimum Gasteiger partial charge on any atom is -0.361 e. The summed E-state index contributed by atoms with van der Waals surface area (Å²) in [4.78, 5) is 11.9. The second kappa shape index (κ2) is 4.45. The van der Waals surface area contributed by atoms with Gasteiger partial charge in [-0.2, -0.15) is 0 Å². The Labute approximate surface area is 105 Å². The molecule has 1 aromatic carbocycles. The standard InChI is InChI=1S/C15H13N3/c1-11-6-7-15(17-8-11)18-10-12-9-16-14-5-3-2-4-13(12)14/h2-10,16H,1H3. The Bertz CT molecular complexity index is 693. The van der Waals surface area contributed by atoms with Crippen molar-refractivity contribution in [2.45, 2.75) is 6.92 Å². The van der Waals surface area contributed by atoms with E-state index in [1.165, 1.54) is 5.39 Å². The van der Waals surface area contributed by atoms with Crippen LogP contribution in [0, 0.1) is 6.92 Å². The molecule has 3 nitrogen and oxygen atoms in total. The molecule has 18 heavy (non-hydrogen) atoms. The van der Waals surface area contributed by atoms with Crippen LogP contribution in [0.5, 0.6) is 0 Å². The van der Waals surface area contributed by atoms with Crippen molar-refractivity contribution in [1.82, 2.24) is 9.97 Å². The lowest BCUT2D eigenvalue weighted by atomic mass is 10.2. The maximum absolute atomic E-state index is 4.38. The summed E-state index contributed by atoms with van der Waals surface area (Å²) < 4.78 is 0. The van der Waals surface area contributed by atoms with Crippen molar-refractivity contribution < 1.29 is 0 Å². The van der Waals surface area contributed by atoms with Crippen LogP contribution < -0.4 is 0 Å². The number of aryl methyl sites for hydroxylation is 1. The van der Waals surface area contributed by atoms with E-state index in [-0.39, 0.29) is 0 Å². The van der Waals surface area contributed by atoms with E-state index in [0.29, 0.717) is 0 Å². The number of H-pyrrole nitrogens is 1. The van der Waals surface area contributed by atoms with Crippen LogP contribution in [-0.4, -0.2) is 16.2 Å². The minimum atomic E-state index is 0.728. The second-order valence-corrected chi connectivity index (χ2v) is 4.24. The van der Waals surface area contributed by atoms with Crippen LogP contribution in [0.2, 0.25) is 0 Å². The zero-order valence-corrected chi connectivity index (χ0v) is 10.1. The van der Waals surface area contributed by atoms with Gasteiger partial charge in [0.2, 0.25) is 0 Å². The molecule has 0 atom stereocenters. The summed E-state index contributed by atoms with van der Waals surface area (Å²) in [5.41, 5.74) is 3.34. The molecule has 3 aromatic rings. The molecule has 0 saturated heterocycles. The molecular weight excluding hydrogens is 222 g/mol. The van der Waals surface area contributed by atoms with E-state index in [1.54, 1.807) is 0 Å². The van der Waals surface area contributed by atoms with Crippen molar-refractivity contribution in [3.05, 3.63) is 59.9 Å². The predicted octanol–water partition coefficient (Wildman–Crippen LogP) is 3.62. The van der Waals surface area contributed by atoms with Crippen LogP contribution in [-0.2, 0) is 0 Å². The fourth-order valence-electron chi connectivity index (χ4n) is 1.87. The maximum Gasteiger partial charge on any atom is 0.151 e. The van der Waals surface area contributed by atoms with Crippen LogP contribution in [0.25, 0.3) is 10.9 Å². The van der Waals surface area contributed by atoms with Gasteiger partial charge in [-0.05, 0) is 24.6 Å². The lowest BCUT2D eigenvalue weighted by Crippen LogP contribution is -1.80. The van der Waals surface area contributed by atoms with Crippen LogP contribution in [0.15, 0.2) is 53.8 Å². The number of aliphatic imine (C=N–C) groups is 1. The highest BCUT2D eigenvalue weighted by atomic mass is 14.9. The zero-order chi connectivity index (χ0) is 12.4. The summed E-state index contributed by atoms with van der Waals surface area (Å²) in [6.45, 7) is 2.01. The van der Waals surface area contributed by atoms with E-state index in [1.807, 2.05) is 49.8 Å². The largest absolute Gasteiger partial charge is 0.361 e. The molecule has 0 spiro atoms. The van der Waals surface area contributed by atoms with Crippen molar-refractivity contribution in [1.29, 1.82) is 0 Å². The van der Waals surface area contributed by atoms with Gasteiger partial charge in [0.15, 0.2) is 5.82 Å². The number of nitrogens with zero attached hydrogens (tertiary/aromatic N) is 2. The first-order chi connectivity index (χ1) is 8.83. The molecule has 3 rings (SSSR count). The van der Waals surface area contributed by atoms with Gasteiger partial charge in [0, 0.05) is 35.1 Å². The van der Waals surface area contributed by atoms with Gasteiger partial charge in [-0.15, -0.1) is 0 Å². The third kappa shape index (κ3) is 2.02.